The summed E-state index contributed by atoms with van der Waals surface area (Å²) in [5.74, 6) is 1.64. The SMILES string of the molecule is CCCCc1c(CO)nnn1CCCOc1ccc(OC)cc1. The van der Waals surface area contributed by atoms with Gasteiger partial charge in [-0.3, -0.25) is 0 Å². The molecule has 0 aliphatic heterocycles. The fourth-order valence-electron chi connectivity index (χ4n) is 2.37. The third kappa shape index (κ3) is 4.96. The third-order valence-electron chi connectivity index (χ3n) is 3.68. The molecule has 6 heteroatoms. The molecule has 0 spiro atoms. The van der Waals surface area contributed by atoms with Gasteiger partial charge in [0.25, 0.3) is 0 Å². The second-order valence-corrected chi connectivity index (χ2v) is 5.35. The largest absolute Gasteiger partial charge is 0.497 e. The minimum atomic E-state index is -0.0542. The zero-order valence-electron chi connectivity index (χ0n) is 13.9. The molecule has 1 heterocycles. The summed E-state index contributed by atoms with van der Waals surface area (Å²) in [6, 6.07) is 7.54. The normalized spacial score (nSPS) is 10.7. The highest BCUT2D eigenvalue weighted by atomic mass is 16.5. The van der Waals surface area contributed by atoms with Gasteiger partial charge in [0.2, 0.25) is 0 Å². The van der Waals surface area contributed by atoms with E-state index in [1.165, 1.54) is 0 Å². The fourth-order valence-corrected chi connectivity index (χ4v) is 2.37. The van der Waals surface area contributed by atoms with Crippen LogP contribution in [0, 0.1) is 0 Å². The number of benzene rings is 1. The number of aliphatic hydroxyl groups is 1. The average Bonchev–Trinajstić information content (AvgIpc) is 2.99. The van der Waals surface area contributed by atoms with Crippen molar-refractivity contribution in [1.82, 2.24) is 15.0 Å². The molecular formula is C17H25N3O3. The van der Waals surface area contributed by atoms with E-state index in [4.69, 9.17) is 9.47 Å². The van der Waals surface area contributed by atoms with Crippen LogP contribution < -0.4 is 9.47 Å². The van der Waals surface area contributed by atoms with Crippen LogP contribution in [0.15, 0.2) is 24.3 Å². The fraction of sp³-hybridized carbons (Fsp3) is 0.529. The smallest absolute Gasteiger partial charge is 0.119 e. The van der Waals surface area contributed by atoms with Crippen LogP contribution in [-0.4, -0.2) is 33.8 Å². The highest BCUT2D eigenvalue weighted by Crippen LogP contribution is 2.17. The van der Waals surface area contributed by atoms with E-state index in [2.05, 4.69) is 17.2 Å². The molecule has 126 valence electrons. The van der Waals surface area contributed by atoms with E-state index in [1.54, 1.807) is 7.11 Å². The number of hydrogen-bond acceptors (Lipinski definition) is 5. The first-order chi connectivity index (χ1) is 11.3. The molecular weight excluding hydrogens is 294 g/mol. The van der Waals surface area contributed by atoms with Gasteiger partial charge in [0, 0.05) is 13.0 Å². The van der Waals surface area contributed by atoms with Gasteiger partial charge in [0.1, 0.15) is 17.2 Å². The maximum Gasteiger partial charge on any atom is 0.119 e. The van der Waals surface area contributed by atoms with Crippen molar-refractivity contribution in [3.63, 3.8) is 0 Å². The minimum Gasteiger partial charge on any atom is -0.497 e. The van der Waals surface area contributed by atoms with Gasteiger partial charge >= 0.3 is 0 Å². The summed E-state index contributed by atoms with van der Waals surface area (Å²) in [6.07, 6.45) is 3.91. The summed E-state index contributed by atoms with van der Waals surface area (Å²) in [7, 11) is 1.64. The Hall–Kier alpha value is -2.08. The molecule has 0 fully saturated rings. The van der Waals surface area contributed by atoms with Crippen LogP contribution in [0.2, 0.25) is 0 Å². The number of methoxy groups -OCH3 is 1. The van der Waals surface area contributed by atoms with Crippen LogP contribution in [0.4, 0.5) is 0 Å². The van der Waals surface area contributed by atoms with Gasteiger partial charge in [-0.15, -0.1) is 5.10 Å². The Labute approximate surface area is 137 Å². The van der Waals surface area contributed by atoms with E-state index >= 15 is 0 Å². The van der Waals surface area contributed by atoms with Crippen molar-refractivity contribution in [2.24, 2.45) is 0 Å². The van der Waals surface area contributed by atoms with Gasteiger partial charge in [0.05, 0.1) is 26.0 Å². The van der Waals surface area contributed by atoms with Crippen molar-refractivity contribution in [2.75, 3.05) is 13.7 Å². The van der Waals surface area contributed by atoms with E-state index in [9.17, 15) is 5.11 Å². The lowest BCUT2D eigenvalue weighted by molar-refractivity contribution is 0.275. The molecule has 0 aliphatic carbocycles. The van der Waals surface area contributed by atoms with E-state index in [0.29, 0.717) is 12.3 Å². The first-order valence-electron chi connectivity index (χ1n) is 8.07. The van der Waals surface area contributed by atoms with Crippen molar-refractivity contribution in [2.45, 2.75) is 45.8 Å². The Morgan fingerprint density at radius 1 is 1.13 bits per heavy atom. The number of unbranched alkanes of at least 4 members (excludes halogenated alkanes) is 1. The lowest BCUT2D eigenvalue weighted by Crippen LogP contribution is -2.10. The molecule has 0 bridgehead atoms. The highest BCUT2D eigenvalue weighted by Gasteiger charge is 2.11. The van der Waals surface area contributed by atoms with Gasteiger partial charge in [-0.05, 0) is 37.1 Å². The molecule has 1 aromatic heterocycles. The summed E-state index contributed by atoms with van der Waals surface area (Å²) >= 11 is 0. The summed E-state index contributed by atoms with van der Waals surface area (Å²) in [5.41, 5.74) is 1.73. The maximum absolute atomic E-state index is 9.34. The maximum atomic E-state index is 9.34. The molecule has 0 aliphatic rings. The molecule has 1 aromatic carbocycles. The van der Waals surface area contributed by atoms with Crippen molar-refractivity contribution >= 4 is 0 Å². The molecule has 0 amide bonds. The number of aromatic nitrogens is 3. The summed E-state index contributed by atoms with van der Waals surface area (Å²) in [6.45, 7) is 3.44. The molecule has 0 atom stereocenters. The molecule has 0 saturated carbocycles. The zero-order valence-corrected chi connectivity index (χ0v) is 13.9. The van der Waals surface area contributed by atoms with E-state index in [1.807, 2.05) is 28.9 Å². The quantitative estimate of drug-likeness (QED) is 0.682. The third-order valence-corrected chi connectivity index (χ3v) is 3.68. The average molecular weight is 319 g/mol. The Balaban J connectivity index is 1.82. The predicted molar refractivity (Wildman–Crippen MR) is 87.7 cm³/mol. The zero-order chi connectivity index (χ0) is 16.5. The van der Waals surface area contributed by atoms with Crippen LogP contribution in [-0.2, 0) is 19.6 Å². The Kier molecular flexibility index (Phi) is 6.87. The van der Waals surface area contributed by atoms with E-state index in [0.717, 1.165) is 49.4 Å². The van der Waals surface area contributed by atoms with Crippen molar-refractivity contribution in [1.29, 1.82) is 0 Å². The molecule has 0 unspecified atom stereocenters. The van der Waals surface area contributed by atoms with E-state index < -0.39 is 0 Å². The van der Waals surface area contributed by atoms with Crippen LogP contribution in [0.25, 0.3) is 0 Å². The highest BCUT2D eigenvalue weighted by molar-refractivity contribution is 5.31. The number of aryl methyl sites for hydroxylation is 1. The summed E-state index contributed by atoms with van der Waals surface area (Å²) in [5, 5.41) is 17.5. The van der Waals surface area contributed by atoms with Gasteiger partial charge in [0.15, 0.2) is 0 Å². The lowest BCUT2D eigenvalue weighted by Gasteiger charge is -2.09. The van der Waals surface area contributed by atoms with Gasteiger partial charge < -0.3 is 14.6 Å². The van der Waals surface area contributed by atoms with Crippen LogP contribution in [0.1, 0.15) is 37.6 Å². The standard InChI is InChI=1S/C17H25N3O3/c1-3-4-6-17-16(13-21)18-19-20(17)11-5-12-23-15-9-7-14(22-2)8-10-15/h7-10,21H,3-6,11-13H2,1-2H3. The Morgan fingerprint density at radius 2 is 1.87 bits per heavy atom. The van der Waals surface area contributed by atoms with Gasteiger partial charge in [-0.1, -0.05) is 18.6 Å². The molecule has 0 saturated heterocycles. The minimum absolute atomic E-state index is 0.0542. The van der Waals surface area contributed by atoms with Crippen LogP contribution in [0.3, 0.4) is 0 Å². The van der Waals surface area contributed by atoms with E-state index in [-0.39, 0.29) is 6.61 Å². The van der Waals surface area contributed by atoms with Crippen molar-refractivity contribution < 1.29 is 14.6 Å². The van der Waals surface area contributed by atoms with Gasteiger partial charge in [-0.25, -0.2) is 4.68 Å². The molecule has 23 heavy (non-hydrogen) atoms. The molecule has 1 N–H and O–H groups in total. The number of ether oxygens (including phenoxy) is 2. The Bertz CT molecular complexity index is 581. The molecule has 2 rings (SSSR count). The number of rotatable bonds is 10. The second kappa shape index (κ2) is 9.15. The van der Waals surface area contributed by atoms with Crippen molar-refractivity contribution in [3.8, 4) is 11.5 Å². The first-order valence-corrected chi connectivity index (χ1v) is 8.07. The number of hydrogen-bond donors (Lipinski definition) is 1. The molecule has 0 radical (unpaired) electrons. The Morgan fingerprint density at radius 3 is 2.52 bits per heavy atom. The lowest BCUT2D eigenvalue weighted by atomic mass is 10.1. The topological polar surface area (TPSA) is 69.4 Å². The second-order valence-electron chi connectivity index (χ2n) is 5.35. The monoisotopic (exact) mass is 319 g/mol. The predicted octanol–water partition coefficient (Wildman–Crippen LogP) is 2.59. The summed E-state index contributed by atoms with van der Waals surface area (Å²) in [4.78, 5) is 0. The number of aliphatic hydroxyl groups excluding tert-OH is 1. The van der Waals surface area contributed by atoms with Crippen LogP contribution >= 0.6 is 0 Å². The van der Waals surface area contributed by atoms with Crippen LogP contribution in [0.5, 0.6) is 11.5 Å². The first kappa shape index (κ1) is 17.3. The number of nitrogens with zero attached hydrogens (tertiary/aromatic N) is 3. The molecule has 6 nitrogen and oxygen atoms in total. The van der Waals surface area contributed by atoms with Gasteiger partial charge in [-0.2, -0.15) is 0 Å². The summed E-state index contributed by atoms with van der Waals surface area (Å²) < 4.78 is 12.7. The molecule has 2 aromatic rings. The van der Waals surface area contributed by atoms with Crippen molar-refractivity contribution in [3.05, 3.63) is 35.7 Å².